The van der Waals surface area contributed by atoms with E-state index in [0.717, 1.165) is 48.5 Å². The summed E-state index contributed by atoms with van der Waals surface area (Å²) in [6.45, 7) is 14.9. The maximum absolute atomic E-state index is 13.9. The number of hydrogen-bond acceptors (Lipinski definition) is 5. The van der Waals surface area contributed by atoms with Gasteiger partial charge in [-0.25, -0.2) is 12.7 Å². The third-order valence-corrected chi connectivity index (χ3v) is 11.2. The molecule has 2 heterocycles. The summed E-state index contributed by atoms with van der Waals surface area (Å²) in [5.74, 6) is 2.39. The quantitative estimate of drug-likeness (QED) is 0.350. The van der Waals surface area contributed by atoms with Gasteiger partial charge < -0.3 is 4.57 Å². The minimum atomic E-state index is -3.49. The molecule has 9 heteroatoms. The molecule has 0 spiro atoms. The molecule has 0 amide bonds. The molecule has 1 aromatic heterocycles. The van der Waals surface area contributed by atoms with Gasteiger partial charge >= 0.3 is 0 Å². The Bertz CT molecular complexity index is 1340. The van der Waals surface area contributed by atoms with Crippen molar-refractivity contribution in [2.75, 3.05) is 13.1 Å². The number of carbonyl (C=O) groups is 1. The minimum absolute atomic E-state index is 0. The summed E-state index contributed by atoms with van der Waals surface area (Å²) in [7, 11) is -3.49. The maximum atomic E-state index is 13.9. The van der Waals surface area contributed by atoms with E-state index in [2.05, 4.69) is 38.3 Å². The lowest BCUT2D eigenvalue weighted by molar-refractivity contribution is -0.122. The Labute approximate surface area is 247 Å². The molecular weight excluding hydrogens is 544 g/mol. The number of rotatable bonds is 9. The first-order valence-electron chi connectivity index (χ1n) is 14.8. The number of sulfonamides is 1. The lowest BCUT2D eigenvalue weighted by Gasteiger charge is -2.38. The van der Waals surface area contributed by atoms with Gasteiger partial charge in [0.2, 0.25) is 10.0 Å². The summed E-state index contributed by atoms with van der Waals surface area (Å²) in [6, 6.07) is 6.55. The molecule has 0 N–H and O–H groups in total. The van der Waals surface area contributed by atoms with Crippen molar-refractivity contribution in [3.63, 3.8) is 0 Å². The van der Waals surface area contributed by atoms with E-state index in [-0.39, 0.29) is 30.7 Å². The Balaban J connectivity index is 0.00000370. The second-order valence-electron chi connectivity index (χ2n) is 14.0. The molecule has 222 valence electrons. The second-order valence-corrected chi connectivity index (χ2v) is 16.5. The number of nitrogens with zero attached hydrogens (tertiary/aromatic N) is 4. The topological polar surface area (TPSA) is 85.2 Å². The number of aromatic nitrogens is 3. The van der Waals surface area contributed by atoms with E-state index in [4.69, 9.17) is 10.2 Å². The Morgan fingerprint density at radius 2 is 1.70 bits per heavy atom. The van der Waals surface area contributed by atoms with Crippen molar-refractivity contribution in [3.8, 4) is 0 Å². The highest BCUT2D eigenvalue weighted by Crippen LogP contribution is 2.50. The van der Waals surface area contributed by atoms with Gasteiger partial charge in [0, 0.05) is 43.3 Å². The van der Waals surface area contributed by atoms with Crippen LogP contribution in [0, 0.1) is 31.1 Å². The highest BCUT2D eigenvalue weighted by molar-refractivity contribution is 7.89. The molecule has 2 aromatic rings. The molecule has 1 aliphatic heterocycles. The summed E-state index contributed by atoms with van der Waals surface area (Å²) < 4.78 is 30.4. The summed E-state index contributed by atoms with van der Waals surface area (Å²) in [6.07, 6.45) is 5.99. The van der Waals surface area contributed by atoms with E-state index in [1.54, 1.807) is 18.2 Å². The molecule has 1 aromatic carbocycles. The van der Waals surface area contributed by atoms with Crippen LogP contribution in [0.1, 0.15) is 113 Å². The Kier molecular flexibility index (Phi) is 8.95. The molecule has 2 aliphatic carbocycles. The number of Topliss-reactive ketones (excluding diaryl/α,β-unsaturated/α-hetero) is 1. The van der Waals surface area contributed by atoms with Gasteiger partial charge in [-0.15, -0.1) is 22.6 Å². The van der Waals surface area contributed by atoms with Crippen molar-refractivity contribution in [2.24, 2.45) is 17.3 Å². The number of ketones is 1. The van der Waals surface area contributed by atoms with Crippen LogP contribution < -0.4 is 0 Å². The Hall–Kier alpha value is -1.77. The standard InChI is InChI=1S/C31H46N4O3S.ClH/c1-19(2)39(37,38)34-17-26(28(36)15-23-9-8-20(3)12-21(23)4)27(18-34)30-33-32-29(35(30)25-10-11-25)24-13-22(14-24)16-31(5,6)7;/h8-9,12,19,22,24-27H,10-11,13-18H2,1-7H3;1H/t22?,24?,26-,27-;/m0./s1. The molecular formula is C31H47ClN4O3S. The van der Waals surface area contributed by atoms with Gasteiger partial charge in [0.05, 0.1) is 5.25 Å². The lowest BCUT2D eigenvalue weighted by Crippen LogP contribution is -2.35. The molecule has 0 radical (unpaired) electrons. The van der Waals surface area contributed by atoms with Crippen molar-refractivity contribution in [1.29, 1.82) is 0 Å². The van der Waals surface area contributed by atoms with E-state index >= 15 is 0 Å². The average molecular weight is 591 g/mol. The van der Waals surface area contributed by atoms with Gasteiger partial charge in [-0.05, 0) is 82.3 Å². The van der Waals surface area contributed by atoms with Crippen LogP contribution in [0.5, 0.6) is 0 Å². The van der Waals surface area contributed by atoms with Crippen LogP contribution in [0.2, 0.25) is 0 Å². The zero-order chi connectivity index (χ0) is 28.3. The number of aryl methyl sites for hydroxylation is 2. The Morgan fingerprint density at radius 1 is 1.05 bits per heavy atom. The fourth-order valence-corrected chi connectivity index (χ4v) is 8.09. The number of hydrogen-bond donors (Lipinski definition) is 0. The first kappa shape index (κ1) is 31.2. The highest BCUT2D eigenvalue weighted by Gasteiger charge is 2.48. The minimum Gasteiger partial charge on any atom is -0.311 e. The van der Waals surface area contributed by atoms with Gasteiger partial charge in [-0.1, -0.05) is 44.5 Å². The van der Waals surface area contributed by atoms with E-state index in [9.17, 15) is 13.2 Å². The van der Waals surface area contributed by atoms with Crippen LogP contribution in [-0.4, -0.2) is 51.6 Å². The van der Waals surface area contributed by atoms with Crippen molar-refractivity contribution in [3.05, 3.63) is 46.5 Å². The van der Waals surface area contributed by atoms with Gasteiger partial charge in [-0.2, -0.15) is 0 Å². The summed E-state index contributed by atoms with van der Waals surface area (Å²) in [5.41, 5.74) is 3.60. The van der Waals surface area contributed by atoms with Crippen LogP contribution >= 0.6 is 12.4 Å². The van der Waals surface area contributed by atoms with Crippen LogP contribution in [0.25, 0.3) is 0 Å². The third-order valence-electron chi connectivity index (χ3n) is 9.01. The number of carbonyl (C=O) groups excluding carboxylic acids is 1. The van der Waals surface area contributed by atoms with Crippen molar-refractivity contribution in [1.82, 2.24) is 19.1 Å². The van der Waals surface area contributed by atoms with Gasteiger partial charge in [-0.3, -0.25) is 4.79 Å². The molecule has 0 unspecified atom stereocenters. The molecule has 5 rings (SSSR count). The number of benzene rings is 1. The smallest absolute Gasteiger partial charge is 0.216 e. The number of halogens is 1. The monoisotopic (exact) mass is 590 g/mol. The van der Waals surface area contributed by atoms with E-state index < -0.39 is 21.2 Å². The summed E-state index contributed by atoms with van der Waals surface area (Å²) >= 11 is 0. The molecule has 1 saturated heterocycles. The second kappa shape index (κ2) is 11.5. The van der Waals surface area contributed by atoms with Gasteiger partial charge in [0.25, 0.3) is 0 Å². The Morgan fingerprint density at radius 3 is 2.27 bits per heavy atom. The largest absolute Gasteiger partial charge is 0.311 e. The zero-order valence-electron chi connectivity index (χ0n) is 25.2. The van der Waals surface area contributed by atoms with Crippen molar-refractivity contribution in [2.45, 2.75) is 110 Å². The van der Waals surface area contributed by atoms with Crippen molar-refractivity contribution >= 4 is 28.2 Å². The highest BCUT2D eigenvalue weighted by atomic mass is 35.5. The summed E-state index contributed by atoms with van der Waals surface area (Å²) in [5, 5.41) is 8.93. The molecule has 3 fully saturated rings. The van der Waals surface area contributed by atoms with Gasteiger partial charge in [0.15, 0.2) is 0 Å². The predicted octanol–water partition coefficient (Wildman–Crippen LogP) is 6.15. The molecule has 3 aliphatic rings. The van der Waals surface area contributed by atoms with Crippen LogP contribution in [0.4, 0.5) is 0 Å². The van der Waals surface area contributed by atoms with E-state index in [1.807, 2.05) is 19.1 Å². The molecule has 2 atom stereocenters. The first-order valence-corrected chi connectivity index (χ1v) is 16.3. The SMILES string of the molecule is Cc1ccc(CC(=O)[C@H]2CN(S(=O)(=O)C(C)C)C[C@@H]2c2nnc(C3CC(CC(C)(C)C)C3)n2C2CC2)c(C)c1.Cl. The molecule has 0 bridgehead atoms. The fraction of sp³-hybridized carbons (Fsp3) is 0.710. The van der Waals surface area contributed by atoms with Crippen LogP contribution in [0.3, 0.4) is 0 Å². The third kappa shape index (κ3) is 6.34. The normalized spacial score (nSPS) is 25.6. The predicted molar refractivity (Wildman–Crippen MR) is 162 cm³/mol. The molecule has 7 nitrogen and oxygen atoms in total. The van der Waals surface area contributed by atoms with Crippen molar-refractivity contribution < 1.29 is 13.2 Å². The molecule has 2 saturated carbocycles. The van der Waals surface area contributed by atoms with E-state index in [0.29, 0.717) is 36.3 Å². The first-order chi connectivity index (χ1) is 18.2. The lowest BCUT2D eigenvalue weighted by atomic mass is 9.68. The zero-order valence-corrected chi connectivity index (χ0v) is 26.8. The van der Waals surface area contributed by atoms with Gasteiger partial charge in [0.1, 0.15) is 17.4 Å². The maximum Gasteiger partial charge on any atom is 0.216 e. The average Bonchev–Trinajstić information content (AvgIpc) is 3.39. The fourth-order valence-electron chi connectivity index (χ4n) is 6.76. The molecule has 40 heavy (non-hydrogen) atoms. The summed E-state index contributed by atoms with van der Waals surface area (Å²) in [4.78, 5) is 13.9. The van der Waals surface area contributed by atoms with E-state index in [1.165, 1.54) is 12.0 Å². The van der Waals surface area contributed by atoms with Crippen LogP contribution in [-0.2, 0) is 21.2 Å². The van der Waals surface area contributed by atoms with Crippen LogP contribution in [0.15, 0.2) is 18.2 Å².